The summed E-state index contributed by atoms with van der Waals surface area (Å²) in [5.74, 6) is 1.09. The van der Waals surface area contributed by atoms with Crippen LogP contribution >= 0.6 is 0 Å². The zero-order valence-corrected chi connectivity index (χ0v) is 16.2. The minimum Gasteiger partial charge on any atom is -0.497 e. The van der Waals surface area contributed by atoms with E-state index in [0.717, 1.165) is 12.1 Å². The largest absolute Gasteiger partial charge is 0.497 e. The van der Waals surface area contributed by atoms with Gasteiger partial charge in [-0.2, -0.15) is 0 Å². The highest BCUT2D eigenvalue weighted by Crippen LogP contribution is 2.24. The molecule has 0 spiro atoms. The van der Waals surface area contributed by atoms with Gasteiger partial charge in [0, 0.05) is 24.4 Å². The van der Waals surface area contributed by atoms with Crippen LogP contribution in [0.15, 0.2) is 72.9 Å². The highest BCUT2D eigenvalue weighted by atomic mass is 16.5. The van der Waals surface area contributed by atoms with Crippen molar-refractivity contribution >= 4 is 5.91 Å². The van der Waals surface area contributed by atoms with Crippen molar-refractivity contribution in [2.45, 2.75) is 13.0 Å². The predicted molar refractivity (Wildman–Crippen MR) is 109 cm³/mol. The van der Waals surface area contributed by atoms with Gasteiger partial charge in [0.15, 0.2) is 0 Å². The van der Waals surface area contributed by atoms with Gasteiger partial charge in [0.2, 0.25) is 0 Å². The van der Waals surface area contributed by atoms with Crippen LogP contribution in [0.25, 0.3) is 0 Å². The summed E-state index contributed by atoms with van der Waals surface area (Å²) >= 11 is 0. The molecule has 0 aliphatic carbocycles. The van der Waals surface area contributed by atoms with Gasteiger partial charge in [0.1, 0.15) is 11.5 Å². The number of amides is 1. The number of pyridine rings is 1. The summed E-state index contributed by atoms with van der Waals surface area (Å²) in [5.41, 5.74) is 2.56. The minimum absolute atomic E-state index is 0.0845. The van der Waals surface area contributed by atoms with Crippen molar-refractivity contribution in [2.24, 2.45) is 0 Å². The van der Waals surface area contributed by atoms with Crippen molar-refractivity contribution in [2.75, 3.05) is 20.8 Å². The van der Waals surface area contributed by atoms with E-state index in [-0.39, 0.29) is 5.91 Å². The Morgan fingerprint density at radius 2 is 1.61 bits per heavy atom. The first kappa shape index (κ1) is 19.4. The molecule has 28 heavy (non-hydrogen) atoms. The third-order valence-electron chi connectivity index (χ3n) is 4.48. The first-order valence-corrected chi connectivity index (χ1v) is 9.16. The maximum absolute atomic E-state index is 13.3. The zero-order chi connectivity index (χ0) is 19.8. The van der Waals surface area contributed by atoms with E-state index in [1.165, 1.54) is 5.56 Å². The molecule has 0 aliphatic heterocycles. The van der Waals surface area contributed by atoms with Crippen molar-refractivity contribution in [1.29, 1.82) is 0 Å². The summed E-state index contributed by atoms with van der Waals surface area (Å²) in [4.78, 5) is 19.5. The highest BCUT2D eigenvalue weighted by molar-refractivity contribution is 5.95. The van der Waals surface area contributed by atoms with Crippen molar-refractivity contribution in [3.05, 3.63) is 89.7 Å². The summed E-state index contributed by atoms with van der Waals surface area (Å²) in [5, 5.41) is 0. The van der Waals surface area contributed by atoms with Gasteiger partial charge in [-0.3, -0.25) is 9.78 Å². The van der Waals surface area contributed by atoms with Gasteiger partial charge in [0.25, 0.3) is 5.91 Å². The van der Waals surface area contributed by atoms with Crippen LogP contribution in [0.3, 0.4) is 0 Å². The van der Waals surface area contributed by atoms with E-state index in [0.29, 0.717) is 30.2 Å². The number of nitrogens with zero attached hydrogens (tertiary/aromatic N) is 2. The van der Waals surface area contributed by atoms with Crippen LogP contribution in [-0.4, -0.2) is 36.6 Å². The number of rotatable bonds is 8. The van der Waals surface area contributed by atoms with Crippen molar-refractivity contribution < 1.29 is 14.3 Å². The SMILES string of the molecule is COc1cc(OC)cc(C(=O)N(CCc2ccccc2)Cc2ccccn2)c1. The lowest BCUT2D eigenvalue weighted by Gasteiger charge is -2.23. The van der Waals surface area contributed by atoms with E-state index in [1.807, 2.05) is 41.3 Å². The standard InChI is InChI=1S/C23H24N2O3/c1-27-21-14-19(15-22(16-21)28-2)23(26)25(17-20-10-6-7-12-24-20)13-11-18-8-4-3-5-9-18/h3-10,12,14-16H,11,13,17H2,1-2H3. The maximum atomic E-state index is 13.3. The van der Waals surface area contributed by atoms with Gasteiger partial charge in [0.05, 0.1) is 26.5 Å². The fourth-order valence-corrected chi connectivity index (χ4v) is 2.96. The second kappa shape index (κ2) is 9.55. The Labute approximate surface area is 165 Å². The van der Waals surface area contributed by atoms with Crippen LogP contribution in [0.5, 0.6) is 11.5 Å². The van der Waals surface area contributed by atoms with Gasteiger partial charge in [-0.1, -0.05) is 36.4 Å². The monoisotopic (exact) mass is 376 g/mol. The highest BCUT2D eigenvalue weighted by Gasteiger charge is 2.18. The number of ether oxygens (including phenoxy) is 2. The summed E-state index contributed by atoms with van der Waals surface area (Å²) in [7, 11) is 3.15. The molecule has 0 unspecified atom stereocenters. The van der Waals surface area contributed by atoms with Crippen LogP contribution in [-0.2, 0) is 13.0 Å². The Balaban J connectivity index is 1.85. The van der Waals surface area contributed by atoms with Crippen LogP contribution in [0.2, 0.25) is 0 Å². The third-order valence-corrected chi connectivity index (χ3v) is 4.48. The van der Waals surface area contributed by atoms with E-state index >= 15 is 0 Å². The number of hydrogen-bond acceptors (Lipinski definition) is 4. The smallest absolute Gasteiger partial charge is 0.254 e. The van der Waals surface area contributed by atoms with E-state index in [4.69, 9.17) is 9.47 Å². The number of carbonyl (C=O) groups is 1. The molecule has 0 radical (unpaired) electrons. The van der Waals surface area contributed by atoms with Gasteiger partial charge < -0.3 is 14.4 Å². The lowest BCUT2D eigenvalue weighted by atomic mass is 10.1. The van der Waals surface area contributed by atoms with Gasteiger partial charge >= 0.3 is 0 Å². The van der Waals surface area contributed by atoms with Crippen LogP contribution in [0.1, 0.15) is 21.6 Å². The van der Waals surface area contributed by atoms with Gasteiger partial charge in [-0.05, 0) is 36.2 Å². The minimum atomic E-state index is -0.0845. The molecule has 0 aliphatic rings. The molecule has 3 rings (SSSR count). The summed E-state index contributed by atoms with van der Waals surface area (Å²) in [6.45, 7) is 1.02. The predicted octanol–water partition coefficient (Wildman–Crippen LogP) is 3.98. The van der Waals surface area contributed by atoms with E-state index in [1.54, 1.807) is 38.6 Å². The molecule has 144 valence electrons. The molecule has 0 fully saturated rings. The van der Waals surface area contributed by atoms with E-state index < -0.39 is 0 Å². The third kappa shape index (κ3) is 5.10. The van der Waals surface area contributed by atoms with Crippen LogP contribution < -0.4 is 9.47 Å². The zero-order valence-electron chi connectivity index (χ0n) is 16.2. The van der Waals surface area contributed by atoms with Crippen molar-refractivity contribution in [3.8, 4) is 11.5 Å². The molecule has 0 atom stereocenters. The normalized spacial score (nSPS) is 10.4. The number of methoxy groups -OCH3 is 2. The fraction of sp³-hybridized carbons (Fsp3) is 0.217. The first-order chi connectivity index (χ1) is 13.7. The van der Waals surface area contributed by atoms with Gasteiger partial charge in [-0.25, -0.2) is 0 Å². The van der Waals surface area contributed by atoms with Crippen LogP contribution in [0, 0.1) is 0 Å². The molecular formula is C23H24N2O3. The topological polar surface area (TPSA) is 51.7 Å². The summed E-state index contributed by atoms with van der Waals surface area (Å²) in [6.07, 6.45) is 2.50. The first-order valence-electron chi connectivity index (χ1n) is 9.16. The van der Waals surface area contributed by atoms with Crippen molar-refractivity contribution in [1.82, 2.24) is 9.88 Å². The molecule has 1 aromatic heterocycles. The molecule has 0 saturated heterocycles. The van der Waals surface area contributed by atoms with E-state index in [2.05, 4.69) is 17.1 Å². The second-order valence-electron chi connectivity index (χ2n) is 6.38. The van der Waals surface area contributed by atoms with Gasteiger partial charge in [-0.15, -0.1) is 0 Å². The average Bonchev–Trinajstić information content (AvgIpc) is 2.77. The summed E-state index contributed by atoms with van der Waals surface area (Å²) < 4.78 is 10.6. The summed E-state index contributed by atoms with van der Waals surface area (Å²) in [6, 6.07) is 21.1. The molecule has 2 aromatic carbocycles. The molecule has 0 saturated carbocycles. The molecule has 3 aromatic rings. The number of carbonyl (C=O) groups excluding carboxylic acids is 1. The molecule has 1 heterocycles. The average molecular weight is 376 g/mol. The fourth-order valence-electron chi connectivity index (χ4n) is 2.96. The molecule has 0 N–H and O–H groups in total. The Morgan fingerprint density at radius 3 is 2.21 bits per heavy atom. The second-order valence-corrected chi connectivity index (χ2v) is 6.38. The number of aromatic nitrogens is 1. The Morgan fingerprint density at radius 1 is 0.929 bits per heavy atom. The molecule has 5 heteroatoms. The Hall–Kier alpha value is -3.34. The lowest BCUT2D eigenvalue weighted by Crippen LogP contribution is -2.32. The lowest BCUT2D eigenvalue weighted by molar-refractivity contribution is 0.0742. The molecule has 0 bridgehead atoms. The molecule has 1 amide bonds. The van der Waals surface area contributed by atoms with Crippen LogP contribution in [0.4, 0.5) is 0 Å². The quantitative estimate of drug-likeness (QED) is 0.597. The molecule has 5 nitrogen and oxygen atoms in total. The number of hydrogen-bond donors (Lipinski definition) is 0. The van der Waals surface area contributed by atoms with Crippen molar-refractivity contribution in [3.63, 3.8) is 0 Å². The maximum Gasteiger partial charge on any atom is 0.254 e. The molecular weight excluding hydrogens is 352 g/mol. The Kier molecular flexibility index (Phi) is 6.63. The van der Waals surface area contributed by atoms with E-state index in [9.17, 15) is 4.79 Å². The Bertz CT molecular complexity index is 876. The number of benzene rings is 2.